The minimum atomic E-state index is -2.64. The maximum Gasteiger partial charge on any atom is 0.249 e. The van der Waals surface area contributed by atoms with Crippen LogP contribution in [0.1, 0.15) is 48.3 Å². The predicted octanol–water partition coefficient (Wildman–Crippen LogP) is 6.88. The second-order valence-corrected chi connectivity index (χ2v) is 21.7. The summed E-state index contributed by atoms with van der Waals surface area (Å²) in [4.78, 5) is 53.1. The summed E-state index contributed by atoms with van der Waals surface area (Å²) in [7, 11) is 0.851. The van der Waals surface area contributed by atoms with E-state index >= 15 is 4.39 Å². The highest BCUT2D eigenvalue weighted by molar-refractivity contribution is 9.10. The van der Waals surface area contributed by atoms with Crippen LogP contribution in [-0.2, 0) is 26.0 Å². The number of rotatable bonds is 13. The van der Waals surface area contributed by atoms with Gasteiger partial charge in [-0.3, -0.25) is 29.3 Å². The molecule has 2 aromatic heterocycles. The van der Waals surface area contributed by atoms with Gasteiger partial charge in [0.1, 0.15) is 30.6 Å². The van der Waals surface area contributed by atoms with Crippen LogP contribution >= 0.6 is 23.1 Å². The molecule has 3 aromatic carbocycles. The molecule has 0 saturated carbocycles. The molecule has 0 bridgehead atoms. The highest BCUT2D eigenvalue weighted by atomic mass is 79.9. The van der Waals surface area contributed by atoms with Crippen molar-refractivity contribution < 1.29 is 28.1 Å². The number of methoxy groups -OCH3 is 1. The lowest BCUT2D eigenvalue weighted by Crippen LogP contribution is -2.52. The molecule has 3 amide bonds. The molecule has 0 aliphatic carbocycles. The Hall–Kier alpha value is -5.84. The Balaban J connectivity index is 0.909. The first-order valence-corrected chi connectivity index (χ1v) is 25.5. The maximum atomic E-state index is 15.4. The molecule has 66 heavy (non-hydrogen) atoms. The van der Waals surface area contributed by atoms with Gasteiger partial charge < -0.3 is 35.1 Å². The summed E-state index contributed by atoms with van der Waals surface area (Å²) in [6.07, 6.45) is 7.50. The number of carbonyl (C=O) groups is 3. The third-order valence-electron chi connectivity index (χ3n) is 12.8. The number of ether oxygens (including phenoxy) is 1. The minimum absolute atomic E-state index is 0.0233. The molecule has 19 heteroatoms. The fourth-order valence-electron chi connectivity index (χ4n) is 9.12. The number of imide groups is 1. The van der Waals surface area contributed by atoms with E-state index in [1.807, 2.05) is 62.5 Å². The van der Waals surface area contributed by atoms with Gasteiger partial charge in [-0.1, -0.05) is 12.1 Å². The van der Waals surface area contributed by atoms with E-state index in [1.165, 1.54) is 6.07 Å². The molecule has 1 unspecified atom stereocenters. The van der Waals surface area contributed by atoms with Gasteiger partial charge in [0.25, 0.3) is 0 Å². The normalized spacial score (nSPS) is 17.4. The molecule has 348 valence electrons. The highest BCUT2D eigenvalue weighted by Crippen LogP contribution is 2.43. The van der Waals surface area contributed by atoms with Crippen molar-refractivity contribution in [3.8, 4) is 16.9 Å². The number of carbonyl (C=O) groups excluding carboxylic acids is 3. The van der Waals surface area contributed by atoms with Crippen LogP contribution in [0.25, 0.3) is 11.1 Å². The van der Waals surface area contributed by atoms with E-state index in [4.69, 9.17) is 9.72 Å². The number of aryl methyl sites for hydroxylation is 2. The molecule has 3 aliphatic heterocycles. The first-order valence-electron chi connectivity index (χ1n) is 22.1. The maximum absolute atomic E-state index is 15.4. The second-order valence-electron chi connectivity index (χ2n) is 17.7. The zero-order chi connectivity index (χ0) is 46.9. The molecule has 5 heterocycles. The molecule has 0 spiro atoms. The molecule has 5 aromatic rings. The molecule has 3 saturated heterocycles. The van der Waals surface area contributed by atoms with Crippen molar-refractivity contribution in [2.45, 2.75) is 51.5 Å². The van der Waals surface area contributed by atoms with E-state index in [0.717, 1.165) is 51.8 Å². The fourth-order valence-corrected chi connectivity index (χ4v) is 11.1. The molecule has 1 atom stereocenters. The number of hydrogen-bond acceptors (Lipinski definition) is 13. The van der Waals surface area contributed by atoms with Gasteiger partial charge in [-0.15, -0.1) is 0 Å². The van der Waals surface area contributed by atoms with Gasteiger partial charge in [0, 0.05) is 85.9 Å². The third-order valence-corrected chi connectivity index (χ3v) is 15.0. The number of anilines is 6. The molecule has 3 fully saturated rings. The number of nitrogens with one attached hydrogen (secondary N) is 4. The van der Waals surface area contributed by atoms with Crippen LogP contribution in [0.5, 0.6) is 5.75 Å². The molecule has 0 radical (unpaired) electrons. The van der Waals surface area contributed by atoms with E-state index in [2.05, 4.69) is 57.1 Å². The number of hydrogen-bond donors (Lipinski definition) is 4. The second kappa shape index (κ2) is 19.6. The number of nitrogens with zero attached hydrogens (tertiary/aromatic N) is 7. The zero-order valence-electron chi connectivity index (χ0n) is 38.1. The van der Waals surface area contributed by atoms with E-state index in [1.54, 1.807) is 43.5 Å². The quantitative estimate of drug-likeness (QED) is 0.0710. The van der Waals surface area contributed by atoms with Gasteiger partial charge in [-0.2, -0.15) is 10.1 Å². The van der Waals surface area contributed by atoms with Crippen LogP contribution in [0.4, 0.5) is 38.9 Å². The molecular formula is C47H56BrFN11O5P. The number of piperazine rings is 1. The lowest BCUT2D eigenvalue weighted by Gasteiger charge is -2.39. The fraction of sp³-hybridized carbons (Fsp3) is 0.404. The van der Waals surface area contributed by atoms with Crippen LogP contribution in [0.3, 0.4) is 0 Å². The van der Waals surface area contributed by atoms with Gasteiger partial charge >= 0.3 is 0 Å². The average molecular weight is 985 g/mol. The van der Waals surface area contributed by atoms with Gasteiger partial charge in [0.15, 0.2) is 0 Å². The summed E-state index contributed by atoms with van der Waals surface area (Å²) in [6, 6.07) is 12.3. The smallest absolute Gasteiger partial charge is 0.249 e. The zero-order valence-corrected chi connectivity index (χ0v) is 40.6. The molecule has 4 N–H and O–H groups in total. The third kappa shape index (κ3) is 10.4. The first kappa shape index (κ1) is 46.7. The highest BCUT2D eigenvalue weighted by Gasteiger charge is 2.30. The summed E-state index contributed by atoms with van der Waals surface area (Å²) < 4.78 is 37.1. The van der Waals surface area contributed by atoms with E-state index in [-0.39, 0.29) is 30.0 Å². The van der Waals surface area contributed by atoms with Gasteiger partial charge in [-0.25, -0.2) is 9.37 Å². The molecule has 16 nitrogen and oxygen atoms in total. The van der Waals surface area contributed by atoms with Crippen LogP contribution in [0, 0.1) is 19.7 Å². The van der Waals surface area contributed by atoms with Crippen LogP contribution in [-0.4, -0.2) is 120 Å². The predicted molar refractivity (Wildman–Crippen MR) is 260 cm³/mol. The van der Waals surface area contributed by atoms with Crippen LogP contribution in [0.2, 0.25) is 0 Å². The Morgan fingerprint density at radius 3 is 2.39 bits per heavy atom. The number of aromatic nitrogens is 4. The summed E-state index contributed by atoms with van der Waals surface area (Å²) in [5.41, 5.74) is 7.31. The Morgan fingerprint density at radius 1 is 0.970 bits per heavy atom. The SMILES string of the molecule is COc1cc(N2CCN(C(=O)CN3CCC(c4ccc(NC5CCC(=O)NC5=O)cc4F)CC3)CC2)c(-c2cnn(C)c2)cc1Nc1ncc(Br)c(Nc2ccc(C)c(C)c2P(C)(C)=O)n1. The Labute approximate surface area is 392 Å². The minimum Gasteiger partial charge on any atom is -0.494 e. The van der Waals surface area contributed by atoms with Gasteiger partial charge in [-0.05, 0) is 122 Å². The van der Waals surface area contributed by atoms with E-state index < -0.39 is 19.1 Å². The van der Waals surface area contributed by atoms with Crippen LogP contribution < -0.4 is 36.2 Å². The summed E-state index contributed by atoms with van der Waals surface area (Å²) >= 11 is 3.59. The van der Waals surface area contributed by atoms with Crippen molar-refractivity contribution in [1.82, 2.24) is 34.9 Å². The number of halogens is 2. The van der Waals surface area contributed by atoms with Crippen molar-refractivity contribution in [3.63, 3.8) is 0 Å². The molecule has 3 aliphatic rings. The topological polar surface area (TPSA) is 179 Å². The van der Waals surface area contributed by atoms with Gasteiger partial charge in [0.05, 0.1) is 35.7 Å². The summed E-state index contributed by atoms with van der Waals surface area (Å²) in [6.45, 7) is 11.5. The monoisotopic (exact) mass is 983 g/mol. The molecule has 8 rings (SSSR count). The van der Waals surface area contributed by atoms with Crippen LogP contribution in [0.15, 0.2) is 65.5 Å². The standard InChI is InChI=1S/C47H56BrFN11O5P/c1-28-7-10-37(44(29(28)2)66(5,6)64)53-45-35(48)25-50-47(56-45)54-39-22-34(31-24-51-57(3)26-31)40(23-41(39)65-4)59-17-19-60(20-18-59)43(62)27-58-15-13-30(14-16-58)33-9-8-32(21-36(33)49)52-38-11-12-42(61)55-46(38)63/h7-10,21-26,30,38,52H,11-20,27H2,1-6H3,(H,55,61,63)(H2,50,53,54,56). The number of piperidine rings is 2. The van der Waals surface area contributed by atoms with Crippen molar-refractivity contribution in [3.05, 3.63) is 88.0 Å². The lowest BCUT2D eigenvalue weighted by molar-refractivity contribution is -0.134. The number of benzene rings is 3. The van der Waals surface area contributed by atoms with E-state index in [9.17, 15) is 18.9 Å². The largest absolute Gasteiger partial charge is 0.494 e. The van der Waals surface area contributed by atoms with Crippen molar-refractivity contribution in [2.24, 2.45) is 7.05 Å². The Bertz CT molecular complexity index is 2710. The summed E-state index contributed by atoms with van der Waals surface area (Å²) in [5, 5.41) is 17.4. The van der Waals surface area contributed by atoms with Crippen molar-refractivity contribution in [2.75, 3.05) is 87.1 Å². The number of amides is 3. The molecular weight excluding hydrogens is 928 g/mol. The number of likely N-dealkylation sites (tertiary alicyclic amines) is 1. The van der Waals surface area contributed by atoms with Gasteiger partial charge in [0.2, 0.25) is 23.7 Å². The van der Waals surface area contributed by atoms with Crippen molar-refractivity contribution in [1.29, 1.82) is 0 Å². The Morgan fingerprint density at radius 2 is 1.73 bits per heavy atom. The average Bonchev–Trinajstić information content (AvgIpc) is 3.72. The first-order chi connectivity index (χ1) is 31.5. The van der Waals surface area contributed by atoms with Crippen molar-refractivity contribution >= 4 is 80.6 Å². The lowest BCUT2D eigenvalue weighted by atomic mass is 9.89. The summed E-state index contributed by atoms with van der Waals surface area (Å²) in [5.74, 6) is 0.480. The Kier molecular flexibility index (Phi) is 13.8. The van der Waals surface area contributed by atoms with E-state index in [0.29, 0.717) is 91.2 Å².